The molecule has 0 amide bonds. The maximum atomic E-state index is 9.72. The van der Waals surface area contributed by atoms with Crippen LogP contribution < -0.4 is 0 Å². The van der Waals surface area contributed by atoms with Gasteiger partial charge in [0.1, 0.15) is 5.75 Å². The van der Waals surface area contributed by atoms with E-state index in [9.17, 15) is 5.11 Å². The minimum absolute atomic E-state index is 0. The zero-order valence-electron chi connectivity index (χ0n) is 10.5. The smallest absolute Gasteiger partial charge is 0.124 e. The van der Waals surface area contributed by atoms with Crippen molar-refractivity contribution in [1.29, 1.82) is 0 Å². The zero-order chi connectivity index (χ0) is 12.8. The van der Waals surface area contributed by atoms with Crippen LogP contribution in [0.4, 0.5) is 0 Å². The van der Waals surface area contributed by atoms with Crippen LogP contribution in [0.15, 0.2) is 59.8 Å². The van der Waals surface area contributed by atoms with Gasteiger partial charge in [-0.25, -0.2) is 0 Å². The average Bonchev–Trinajstić information content (AvgIpc) is 2.42. The Kier molecular flexibility index (Phi) is 5.57. The van der Waals surface area contributed by atoms with Gasteiger partial charge in [-0.2, -0.15) is 0 Å². The van der Waals surface area contributed by atoms with Crippen LogP contribution in [0.5, 0.6) is 5.75 Å². The molecule has 0 unspecified atom stereocenters. The van der Waals surface area contributed by atoms with Crippen LogP contribution in [-0.2, 0) is 6.42 Å². The van der Waals surface area contributed by atoms with Gasteiger partial charge in [-0.15, -0.1) is 0 Å². The Labute approximate surface area is 112 Å². The summed E-state index contributed by atoms with van der Waals surface area (Å²) in [5, 5.41) is 22.1. The highest BCUT2D eigenvalue weighted by atomic mass is 16.4. The Balaban J connectivity index is 0.00000180. The number of para-hydroxylation sites is 1. The lowest BCUT2D eigenvalue weighted by molar-refractivity contribution is 0.317. The van der Waals surface area contributed by atoms with Crippen LogP contribution in [0.3, 0.4) is 0 Å². The lowest BCUT2D eigenvalue weighted by Gasteiger charge is -2.06. The van der Waals surface area contributed by atoms with Gasteiger partial charge < -0.3 is 15.8 Å². The van der Waals surface area contributed by atoms with E-state index in [4.69, 9.17) is 5.21 Å². The SMILES string of the molecule is O.O/N=C(\CCc1ccccc1)c1ccccc1O. The van der Waals surface area contributed by atoms with Crippen molar-refractivity contribution < 1.29 is 15.8 Å². The summed E-state index contributed by atoms with van der Waals surface area (Å²) in [6.07, 6.45) is 1.35. The summed E-state index contributed by atoms with van der Waals surface area (Å²) < 4.78 is 0. The largest absolute Gasteiger partial charge is 0.507 e. The molecule has 4 N–H and O–H groups in total. The molecule has 0 bridgehead atoms. The molecular formula is C15H17NO3. The number of nitrogens with zero attached hydrogens (tertiary/aromatic N) is 1. The lowest BCUT2D eigenvalue weighted by atomic mass is 10.0. The third-order valence-electron chi connectivity index (χ3n) is 2.83. The lowest BCUT2D eigenvalue weighted by Crippen LogP contribution is -2.03. The summed E-state index contributed by atoms with van der Waals surface area (Å²) in [7, 11) is 0. The molecule has 0 aliphatic rings. The average molecular weight is 259 g/mol. The van der Waals surface area contributed by atoms with Gasteiger partial charge in [0.25, 0.3) is 0 Å². The normalized spacial score (nSPS) is 10.8. The summed E-state index contributed by atoms with van der Waals surface area (Å²) >= 11 is 0. The Morgan fingerprint density at radius 2 is 1.58 bits per heavy atom. The molecule has 0 heterocycles. The van der Waals surface area contributed by atoms with Crippen LogP contribution >= 0.6 is 0 Å². The Bertz CT molecular complexity index is 538. The Morgan fingerprint density at radius 1 is 0.947 bits per heavy atom. The fraction of sp³-hybridized carbons (Fsp3) is 0.133. The van der Waals surface area contributed by atoms with E-state index in [1.807, 2.05) is 36.4 Å². The number of benzene rings is 2. The topological polar surface area (TPSA) is 84.3 Å². The van der Waals surface area contributed by atoms with Crippen molar-refractivity contribution in [3.63, 3.8) is 0 Å². The van der Waals surface area contributed by atoms with Gasteiger partial charge in [0.15, 0.2) is 0 Å². The van der Waals surface area contributed by atoms with E-state index in [1.165, 1.54) is 5.56 Å². The molecule has 0 aliphatic heterocycles. The molecule has 0 saturated carbocycles. The summed E-state index contributed by atoms with van der Waals surface area (Å²) in [6.45, 7) is 0. The van der Waals surface area contributed by atoms with Gasteiger partial charge in [-0.05, 0) is 30.5 Å². The third kappa shape index (κ3) is 3.82. The Morgan fingerprint density at radius 3 is 2.21 bits per heavy atom. The van der Waals surface area contributed by atoms with Crippen molar-refractivity contribution in [1.82, 2.24) is 0 Å². The number of hydrogen-bond donors (Lipinski definition) is 2. The molecule has 0 spiro atoms. The van der Waals surface area contributed by atoms with Crippen molar-refractivity contribution in [3.05, 3.63) is 65.7 Å². The number of aromatic hydroxyl groups is 1. The number of rotatable bonds is 4. The van der Waals surface area contributed by atoms with Crippen LogP contribution in [0, 0.1) is 0 Å². The third-order valence-corrected chi connectivity index (χ3v) is 2.83. The molecule has 2 rings (SSSR count). The number of hydrogen-bond acceptors (Lipinski definition) is 3. The quantitative estimate of drug-likeness (QED) is 0.502. The molecule has 100 valence electrons. The van der Waals surface area contributed by atoms with E-state index in [-0.39, 0.29) is 11.2 Å². The van der Waals surface area contributed by atoms with E-state index >= 15 is 0 Å². The molecule has 0 fully saturated rings. The Hall–Kier alpha value is -2.33. The minimum Gasteiger partial charge on any atom is -0.507 e. The molecule has 2 aromatic rings. The van der Waals surface area contributed by atoms with E-state index in [2.05, 4.69) is 5.16 Å². The van der Waals surface area contributed by atoms with Crippen molar-refractivity contribution in [2.45, 2.75) is 12.8 Å². The van der Waals surface area contributed by atoms with Crippen molar-refractivity contribution >= 4 is 5.71 Å². The highest BCUT2D eigenvalue weighted by Crippen LogP contribution is 2.19. The minimum atomic E-state index is 0. The van der Waals surface area contributed by atoms with E-state index in [1.54, 1.807) is 18.2 Å². The van der Waals surface area contributed by atoms with E-state index in [0.29, 0.717) is 17.7 Å². The predicted molar refractivity (Wildman–Crippen MR) is 74.8 cm³/mol. The van der Waals surface area contributed by atoms with Crippen LogP contribution in [-0.4, -0.2) is 21.5 Å². The first-order valence-corrected chi connectivity index (χ1v) is 5.84. The van der Waals surface area contributed by atoms with Crippen LogP contribution in [0.2, 0.25) is 0 Å². The highest BCUT2D eigenvalue weighted by Gasteiger charge is 2.09. The summed E-state index contributed by atoms with van der Waals surface area (Å²) in [4.78, 5) is 0. The molecule has 2 aromatic carbocycles. The van der Waals surface area contributed by atoms with E-state index in [0.717, 1.165) is 6.42 Å². The number of phenols is 1. The fourth-order valence-electron chi connectivity index (χ4n) is 1.86. The second kappa shape index (κ2) is 7.18. The fourth-order valence-corrected chi connectivity index (χ4v) is 1.86. The first-order chi connectivity index (χ1) is 8.81. The second-order valence-corrected chi connectivity index (χ2v) is 4.05. The predicted octanol–water partition coefficient (Wildman–Crippen LogP) is 2.38. The van der Waals surface area contributed by atoms with Crippen molar-refractivity contribution in [2.24, 2.45) is 5.16 Å². The van der Waals surface area contributed by atoms with Crippen molar-refractivity contribution in [2.75, 3.05) is 0 Å². The molecule has 0 aromatic heterocycles. The first kappa shape index (κ1) is 14.7. The van der Waals surface area contributed by atoms with Crippen LogP contribution in [0.25, 0.3) is 0 Å². The van der Waals surface area contributed by atoms with Gasteiger partial charge in [-0.3, -0.25) is 0 Å². The van der Waals surface area contributed by atoms with E-state index < -0.39 is 0 Å². The monoisotopic (exact) mass is 259 g/mol. The zero-order valence-corrected chi connectivity index (χ0v) is 10.5. The van der Waals surface area contributed by atoms with Gasteiger partial charge in [-0.1, -0.05) is 47.6 Å². The standard InChI is InChI=1S/C15H15NO2.H2O/c17-15-9-5-4-8-13(15)14(16-18)11-10-12-6-2-1-3-7-12;/h1-9,17-18H,10-11H2;1H2/b16-14+;. The number of phenolic OH excluding ortho intramolecular Hbond substituents is 1. The second-order valence-electron chi connectivity index (χ2n) is 4.05. The summed E-state index contributed by atoms with van der Waals surface area (Å²) in [6, 6.07) is 16.9. The molecule has 0 aliphatic carbocycles. The molecule has 0 atom stereocenters. The molecular weight excluding hydrogens is 242 g/mol. The molecule has 4 heteroatoms. The van der Waals surface area contributed by atoms with Crippen molar-refractivity contribution in [3.8, 4) is 5.75 Å². The summed E-state index contributed by atoms with van der Waals surface area (Å²) in [5.74, 6) is 0.137. The molecule has 0 radical (unpaired) electrons. The summed E-state index contributed by atoms with van der Waals surface area (Å²) in [5.41, 5.74) is 2.25. The van der Waals surface area contributed by atoms with Gasteiger partial charge in [0.05, 0.1) is 5.71 Å². The van der Waals surface area contributed by atoms with Gasteiger partial charge in [0, 0.05) is 5.56 Å². The first-order valence-electron chi connectivity index (χ1n) is 5.84. The van der Waals surface area contributed by atoms with Crippen LogP contribution in [0.1, 0.15) is 17.5 Å². The van der Waals surface area contributed by atoms with Gasteiger partial charge >= 0.3 is 0 Å². The molecule has 0 saturated heterocycles. The number of oxime groups is 1. The van der Waals surface area contributed by atoms with Gasteiger partial charge in [0.2, 0.25) is 0 Å². The maximum absolute atomic E-state index is 9.72. The molecule has 19 heavy (non-hydrogen) atoms. The molecule has 4 nitrogen and oxygen atoms in total. The maximum Gasteiger partial charge on any atom is 0.124 e. The highest BCUT2D eigenvalue weighted by molar-refractivity contribution is 6.02. The number of aryl methyl sites for hydroxylation is 1.